The van der Waals surface area contributed by atoms with Gasteiger partial charge in [-0.15, -0.1) is 15.8 Å². The predicted molar refractivity (Wildman–Crippen MR) is 55.4 cm³/mol. The van der Waals surface area contributed by atoms with Crippen LogP contribution in [0.2, 0.25) is 0 Å². The highest BCUT2D eigenvalue weighted by molar-refractivity contribution is 7.58. The van der Waals surface area contributed by atoms with Crippen LogP contribution in [-0.2, 0) is 0 Å². The van der Waals surface area contributed by atoms with Gasteiger partial charge in [0.1, 0.15) is 0 Å². The van der Waals surface area contributed by atoms with Crippen LogP contribution in [0, 0.1) is 12.3 Å². The molecule has 0 N–H and O–H groups in total. The Morgan fingerprint density at radius 3 is 1.30 bits per heavy atom. The van der Waals surface area contributed by atoms with Crippen molar-refractivity contribution in [3.8, 4) is 0 Å². The smallest absolute Gasteiger partial charge is 0.0146 e. The Morgan fingerprint density at radius 2 is 1.10 bits per heavy atom. The Balaban J connectivity index is 2.91. The van der Waals surface area contributed by atoms with E-state index in [-0.39, 0.29) is 15.8 Å². The van der Waals surface area contributed by atoms with E-state index in [4.69, 9.17) is 0 Å². The minimum atomic E-state index is 0.231. The third-order valence-corrected chi connectivity index (χ3v) is 3.13. The highest BCUT2D eigenvalue weighted by atomic mass is 31.1. The molecule has 0 fully saturated rings. The zero-order valence-electron chi connectivity index (χ0n) is 7.46. The molecule has 0 aliphatic rings. The zero-order valence-corrected chi connectivity index (χ0v) is 9.25. The van der Waals surface area contributed by atoms with Gasteiger partial charge in [0.05, 0.1) is 0 Å². The van der Waals surface area contributed by atoms with Crippen LogP contribution in [0.5, 0.6) is 0 Å². The van der Waals surface area contributed by atoms with Gasteiger partial charge < -0.3 is 0 Å². The first-order valence-electron chi connectivity index (χ1n) is 3.62. The lowest BCUT2D eigenvalue weighted by Crippen LogP contribution is -1.76. The van der Waals surface area contributed by atoms with E-state index in [2.05, 4.69) is 39.0 Å². The minimum absolute atomic E-state index is 0.231. The lowest BCUT2D eigenvalue weighted by molar-refractivity contribution is 1.01. The van der Waals surface area contributed by atoms with Crippen LogP contribution in [0.3, 0.4) is 0 Å². The molecule has 2 radical (unpaired) electrons. The molecule has 2 heteroatoms. The molecule has 0 aromatic carbocycles. The van der Waals surface area contributed by atoms with Crippen molar-refractivity contribution in [1.29, 1.82) is 0 Å². The number of rotatable bonds is 5. The summed E-state index contributed by atoms with van der Waals surface area (Å²) in [5, 5.41) is 0. The van der Waals surface area contributed by atoms with Gasteiger partial charge in [0.15, 0.2) is 0 Å². The van der Waals surface area contributed by atoms with Crippen molar-refractivity contribution < 1.29 is 0 Å². The summed E-state index contributed by atoms with van der Waals surface area (Å²) < 4.78 is 0. The number of unbranched alkanes of at least 4 members (excludes halogenated alkanes) is 1. The quantitative estimate of drug-likeness (QED) is 0.443. The second kappa shape index (κ2) is 6.56. The van der Waals surface area contributed by atoms with Gasteiger partial charge in [-0.1, -0.05) is 0 Å². The Labute approximate surface area is 68.3 Å². The molecule has 0 aliphatic heterocycles. The zero-order chi connectivity index (χ0) is 7.98. The first-order valence-corrected chi connectivity index (χ1v) is 8.23. The van der Waals surface area contributed by atoms with Gasteiger partial charge in [-0.05, 0) is 51.8 Å². The van der Waals surface area contributed by atoms with Gasteiger partial charge >= 0.3 is 0 Å². The van der Waals surface area contributed by atoms with E-state index in [9.17, 15) is 0 Å². The topological polar surface area (TPSA) is 0 Å². The van der Waals surface area contributed by atoms with Crippen LogP contribution in [-0.4, -0.2) is 26.7 Å². The molecule has 0 aromatic heterocycles. The van der Waals surface area contributed by atoms with Crippen LogP contribution in [0.25, 0.3) is 0 Å². The third-order valence-electron chi connectivity index (χ3n) is 1.16. The summed E-state index contributed by atoms with van der Waals surface area (Å²) in [6, 6.07) is 0. The monoisotopic (exact) mass is 176 g/mol. The van der Waals surface area contributed by atoms with Crippen molar-refractivity contribution in [2.75, 3.05) is 26.7 Å². The fraction of sp³-hybridized carbons (Fsp3) is 0.750. The van der Waals surface area contributed by atoms with Gasteiger partial charge in [0.25, 0.3) is 0 Å². The maximum absolute atomic E-state index is 2.45. The number of hydrogen-bond donors (Lipinski definition) is 0. The highest BCUT2D eigenvalue weighted by Crippen LogP contribution is 2.35. The lowest BCUT2D eigenvalue weighted by Gasteiger charge is -2.05. The molecule has 0 atom stereocenters. The largest absolute Gasteiger partial charge is 0.109 e. The molecule has 0 heterocycles. The van der Waals surface area contributed by atoms with Crippen LogP contribution < -0.4 is 0 Å². The molecule has 0 saturated heterocycles. The van der Waals surface area contributed by atoms with Crippen molar-refractivity contribution in [2.24, 2.45) is 0 Å². The summed E-state index contributed by atoms with van der Waals surface area (Å²) in [7, 11) is 0.462. The molecule has 0 spiro atoms. The standard InChI is InChI=1S/C8H18P2/c1-9(2)7-5-6-8-10(3)4/h7-8H,5-6H2,1-4H3. The second-order valence-electron chi connectivity index (χ2n) is 2.87. The molecule has 0 amide bonds. The number of hydrogen-bond acceptors (Lipinski definition) is 0. The molecular formula is C8H18P2. The van der Waals surface area contributed by atoms with Gasteiger partial charge in [0.2, 0.25) is 0 Å². The summed E-state index contributed by atoms with van der Waals surface area (Å²) in [4.78, 5) is 0. The summed E-state index contributed by atoms with van der Waals surface area (Å²) in [5.41, 5.74) is 0. The molecule has 0 nitrogen and oxygen atoms in total. The van der Waals surface area contributed by atoms with E-state index in [0.29, 0.717) is 0 Å². The van der Waals surface area contributed by atoms with Crippen LogP contribution in [0.15, 0.2) is 0 Å². The molecule has 0 aliphatic carbocycles. The van der Waals surface area contributed by atoms with Crippen molar-refractivity contribution in [1.82, 2.24) is 0 Å². The Kier molecular flexibility index (Phi) is 7.13. The van der Waals surface area contributed by atoms with Gasteiger partial charge in [0, 0.05) is 0 Å². The lowest BCUT2D eigenvalue weighted by atomic mass is 10.4. The van der Waals surface area contributed by atoms with Crippen LogP contribution >= 0.6 is 15.8 Å². The van der Waals surface area contributed by atoms with Crippen molar-refractivity contribution >= 4 is 15.8 Å². The fourth-order valence-electron chi connectivity index (χ4n) is 0.665. The van der Waals surface area contributed by atoms with E-state index in [0.717, 1.165) is 0 Å². The molecule has 0 unspecified atom stereocenters. The second-order valence-corrected chi connectivity index (χ2v) is 7.45. The summed E-state index contributed by atoms with van der Waals surface area (Å²) in [6.07, 6.45) is 7.48. The summed E-state index contributed by atoms with van der Waals surface area (Å²) in [5.74, 6) is 0. The van der Waals surface area contributed by atoms with Gasteiger partial charge in [-0.3, -0.25) is 0 Å². The molecule has 0 aromatic rings. The average Bonchev–Trinajstić information content (AvgIpc) is 1.79. The van der Waals surface area contributed by atoms with E-state index in [1.165, 1.54) is 12.8 Å². The predicted octanol–water partition coefficient (Wildman–Crippen LogP) is 3.57. The highest BCUT2D eigenvalue weighted by Gasteiger charge is 1.95. The van der Waals surface area contributed by atoms with Gasteiger partial charge in [-0.25, -0.2) is 0 Å². The van der Waals surface area contributed by atoms with Crippen LogP contribution in [0.4, 0.5) is 0 Å². The molecule has 10 heavy (non-hydrogen) atoms. The van der Waals surface area contributed by atoms with Gasteiger partial charge in [-0.2, -0.15) is 0 Å². The minimum Gasteiger partial charge on any atom is -0.109 e. The van der Waals surface area contributed by atoms with Crippen molar-refractivity contribution in [3.63, 3.8) is 0 Å². The molecule has 0 bridgehead atoms. The van der Waals surface area contributed by atoms with E-state index >= 15 is 0 Å². The van der Waals surface area contributed by atoms with Crippen molar-refractivity contribution in [2.45, 2.75) is 12.8 Å². The summed E-state index contributed by atoms with van der Waals surface area (Å²) in [6.45, 7) is 9.21. The normalized spacial score (nSPS) is 11.4. The van der Waals surface area contributed by atoms with Crippen molar-refractivity contribution in [3.05, 3.63) is 12.3 Å². The first kappa shape index (κ1) is 10.9. The maximum atomic E-state index is 2.45. The molecule has 0 rings (SSSR count). The van der Waals surface area contributed by atoms with E-state index in [1.807, 2.05) is 0 Å². The Morgan fingerprint density at radius 1 is 0.800 bits per heavy atom. The Hall–Kier alpha value is 0.860. The first-order chi connectivity index (χ1) is 4.63. The Bertz CT molecular complexity index is 59.7. The SMILES string of the molecule is CP(C)[CH]CC[CH]P(C)C. The average molecular weight is 176 g/mol. The molecule has 0 saturated carbocycles. The molecule has 60 valence electrons. The fourth-order valence-corrected chi connectivity index (χ4v) is 2.00. The van der Waals surface area contributed by atoms with E-state index < -0.39 is 0 Å². The summed E-state index contributed by atoms with van der Waals surface area (Å²) >= 11 is 0. The maximum Gasteiger partial charge on any atom is -0.0146 e. The van der Waals surface area contributed by atoms with Crippen LogP contribution in [0.1, 0.15) is 12.8 Å². The van der Waals surface area contributed by atoms with E-state index in [1.54, 1.807) is 0 Å². The third kappa shape index (κ3) is 8.86. The molecular weight excluding hydrogens is 158 g/mol.